The van der Waals surface area contributed by atoms with Crippen molar-refractivity contribution in [3.8, 4) is 0 Å². The lowest BCUT2D eigenvalue weighted by molar-refractivity contribution is 0.238. The van der Waals surface area contributed by atoms with Crippen molar-refractivity contribution in [2.45, 2.75) is 24.4 Å². The number of hydrogen-bond acceptors (Lipinski definition) is 4. The van der Waals surface area contributed by atoms with E-state index >= 15 is 0 Å². The standard InChI is InChI=1S/C15H16N2O3S2/c1-10-6-7-11(21-10)8-16-15(18)17-13-9-22(19,20)14-5-3-2-4-12(13)14/h2-7,13H,8-9H2,1H3,(H2,16,17,18). The molecule has 1 aromatic carbocycles. The van der Waals surface area contributed by atoms with Gasteiger partial charge in [0.1, 0.15) is 0 Å². The van der Waals surface area contributed by atoms with E-state index in [1.165, 1.54) is 4.88 Å². The molecule has 1 aromatic heterocycles. The summed E-state index contributed by atoms with van der Waals surface area (Å²) in [6, 6.07) is 9.91. The van der Waals surface area contributed by atoms with E-state index in [0.29, 0.717) is 17.0 Å². The van der Waals surface area contributed by atoms with Gasteiger partial charge in [0.05, 0.1) is 23.2 Å². The lowest BCUT2D eigenvalue weighted by Crippen LogP contribution is -2.38. The Morgan fingerprint density at radius 2 is 2.05 bits per heavy atom. The van der Waals surface area contributed by atoms with Crippen LogP contribution < -0.4 is 10.6 Å². The third kappa shape index (κ3) is 3.00. The normalized spacial score (nSPS) is 18.7. The summed E-state index contributed by atoms with van der Waals surface area (Å²) in [4.78, 5) is 14.6. The Bertz CT molecular complexity index is 812. The summed E-state index contributed by atoms with van der Waals surface area (Å²) in [5, 5.41) is 5.51. The Morgan fingerprint density at radius 1 is 1.27 bits per heavy atom. The molecular formula is C15H16N2O3S2. The van der Waals surface area contributed by atoms with Crippen LogP contribution in [0.3, 0.4) is 0 Å². The van der Waals surface area contributed by atoms with Gasteiger partial charge in [-0.3, -0.25) is 0 Å². The fraction of sp³-hybridized carbons (Fsp3) is 0.267. The van der Waals surface area contributed by atoms with Crippen LogP contribution in [0.15, 0.2) is 41.3 Å². The van der Waals surface area contributed by atoms with Crippen LogP contribution in [-0.2, 0) is 16.4 Å². The predicted octanol–water partition coefficient (Wildman–Crippen LogP) is 2.38. The monoisotopic (exact) mass is 336 g/mol. The van der Waals surface area contributed by atoms with Gasteiger partial charge in [0, 0.05) is 9.75 Å². The molecule has 1 aliphatic rings. The maximum atomic E-state index is 12.1. The number of fused-ring (bicyclic) bond motifs is 1. The highest BCUT2D eigenvalue weighted by Crippen LogP contribution is 2.32. The maximum absolute atomic E-state index is 12.1. The lowest BCUT2D eigenvalue weighted by Gasteiger charge is -2.13. The van der Waals surface area contributed by atoms with Gasteiger partial charge >= 0.3 is 6.03 Å². The first kappa shape index (κ1) is 15.1. The number of benzene rings is 1. The molecule has 0 bridgehead atoms. The third-order valence-electron chi connectivity index (χ3n) is 3.54. The molecule has 0 fully saturated rings. The number of aryl methyl sites for hydroxylation is 1. The van der Waals surface area contributed by atoms with Crippen LogP contribution in [0, 0.1) is 6.92 Å². The molecule has 1 unspecified atom stereocenters. The molecule has 2 amide bonds. The Kier molecular flexibility index (Phi) is 3.92. The number of urea groups is 1. The van der Waals surface area contributed by atoms with Crippen LogP contribution in [0.1, 0.15) is 21.4 Å². The van der Waals surface area contributed by atoms with E-state index in [1.54, 1.807) is 35.6 Å². The molecule has 5 nitrogen and oxygen atoms in total. The molecule has 2 N–H and O–H groups in total. The number of hydrogen-bond donors (Lipinski definition) is 2. The molecule has 22 heavy (non-hydrogen) atoms. The fourth-order valence-electron chi connectivity index (χ4n) is 2.53. The molecular weight excluding hydrogens is 320 g/mol. The quantitative estimate of drug-likeness (QED) is 0.904. The highest BCUT2D eigenvalue weighted by atomic mass is 32.2. The van der Waals surface area contributed by atoms with Crippen molar-refractivity contribution in [1.82, 2.24) is 10.6 Å². The van der Waals surface area contributed by atoms with Crippen molar-refractivity contribution >= 4 is 27.2 Å². The fourth-order valence-corrected chi connectivity index (χ4v) is 5.09. The van der Waals surface area contributed by atoms with Crippen LogP contribution in [0.25, 0.3) is 0 Å². The Hall–Kier alpha value is -1.86. The molecule has 2 aromatic rings. The van der Waals surface area contributed by atoms with Crippen LogP contribution >= 0.6 is 11.3 Å². The summed E-state index contributed by atoms with van der Waals surface area (Å²) in [6.07, 6.45) is 0. The third-order valence-corrected chi connectivity index (χ3v) is 6.35. The first-order chi connectivity index (χ1) is 10.5. The van der Waals surface area contributed by atoms with Crippen molar-refractivity contribution in [2.75, 3.05) is 5.75 Å². The second kappa shape index (κ2) is 5.73. The molecule has 116 valence electrons. The summed E-state index contributed by atoms with van der Waals surface area (Å²) < 4.78 is 24.1. The number of sulfone groups is 1. The highest BCUT2D eigenvalue weighted by molar-refractivity contribution is 7.91. The number of amides is 2. The van der Waals surface area contributed by atoms with Gasteiger partial charge < -0.3 is 10.6 Å². The largest absolute Gasteiger partial charge is 0.333 e. The Morgan fingerprint density at radius 3 is 2.77 bits per heavy atom. The summed E-state index contributed by atoms with van der Waals surface area (Å²) >= 11 is 1.62. The van der Waals surface area contributed by atoms with E-state index in [-0.39, 0.29) is 11.8 Å². The summed E-state index contributed by atoms with van der Waals surface area (Å²) in [7, 11) is -3.30. The average Bonchev–Trinajstić information content (AvgIpc) is 2.99. The second-order valence-electron chi connectivity index (χ2n) is 5.21. The Balaban J connectivity index is 1.65. The number of nitrogens with one attached hydrogen (secondary N) is 2. The number of carbonyl (C=O) groups excluding carboxylic acids is 1. The van der Waals surface area contributed by atoms with E-state index in [0.717, 1.165) is 4.88 Å². The summed E-state index contributed by atoms with van der Waals surface area (Å²) in [6.45, 7) is 2.44. The molecule has 0 aliphatic carbocycles. The SMILES string of the molecule is Cc1ccc(CNC(=O)NC2CS(=O)(=O)c3ccccc32)s1. The minimum absolute atomic E-state index is 0.0854. The lowest BCUT2D eigenvalue weighted by atomic mass is 10.1. The topological polar surface area (TPSA) is 75.3 Å². The van der Waals surface area contributed by atoms with Gasteiger partial charge in [-0.2, -0.15) is 0 Å². The van der Waals surface area contributed by atoms with E-state index in [9.17, 15) is 13.2 Å². The minimum atomic E-state index is -3.30. The minimum Gasteiger partial charge on any atom is -0.333 e. The molecule has 2 heterocycles. The average molecular weight is 336 g/mol. The van der Waals surface area contributed by atoms with Gasteiger partial charge in [0.2, 0.25) is 0 Å². The molecule has 0 spiro atoms. The van der Waals surface area contributed by atoms with Crippen molar-refractivity contribution in [3.05, 3.63) is 51.7 Å². The summed E-state index contributed by atoms with van der Waals surface area (Å²) in [5.41, 5.74) is 0.657. The first-order valence-corrected chi connectivity index (χ1v) is 9.34. The van der Waals surface area contributed by atoms with Crippen molar-refractivity contribution in [1.29, 1.82) is 0 Å². The zero-order chi connectivity index (χ0) is 15.7. The van der Waals surface area contributed by atoms with Gasteiger partial charge in [0.25, 0.3) is 0 Å². The number of thiophene rings is 1. The van der Waals surface area contributed by atoms with Crippen LogP contribution in [0.4, 0.5) is 4.79 Å². The zero-order valence-corrected chi connectivity index (χ0v) is 13.6. The molecule has 1 aliphatic heterocycles. The molecule has 0 saturated heterocycles. The molecule has 0 saturated carbocycles. The van der Waals surface area contributed by atoms with Gasteiger partial charge in [-0.25, -0.2) is 13.2 Å². The van der Waals surface area contributed by atoms with Gasteiger partial charge in [0.15, 0.2) is 9.84 Å². The molecule has 0 radical (unpaired) electrons. The maximum Gasteiger partial charge on any atom is 0.315 e. The number of carbonyl (C=O) groups is 1. The van der Waals surface area contributed by atoms with Crippen molar-refractivity contribution < 1.29 is 13.2 Å². The van der Waals surface area contributed by atoms with Gasteiger partial charge in [-0.1, -0.05) is 18.2 Å². The first-order valence-electron chi connectivity index (χ1n) is 6.87. The van der Waals surface area contributed by atoms with E-state index in [1.807, 2.05) is 19.1 Å². The number of rotatable bonds is 3. The zero-order valence-electron chi connectivity index (χ0n) is 12.0. The molecule has 1 atom stereocenters. The van der Waals surface area contributed by atoms with Crippen LogP contribution in [0.2, 0.25) is 0 Å². The smallest absolute Gasteiger partial charge is 0.315 e. The highest BCUT2D eigenvalue weighted by Gasteiger charge is 2.35. The Labute approximate surface area is 133 Å². The van der Waals surface area contributed by atoms with E-state index < -0.39 is 15.9 Å². The van der Waals surface area contributed by atoms with Crippen LogP contribution in [-0.4, -0.2) is 20.2 Å². The predicted molar refractivity (Wildman–Crippen MR) is 85.7 cm³/mol. The summed E-state index contributed by atoms with van der Waals surface area (Å²) in [5.74, 6) is -0.0854. The van der Waals surface area contributed by atoms with Crippen molar-refractivity contribution in [2.24, 2.45) is 0 Å². The van der Waals surface area contributed by atoms with Gasteiger partial charge in [-0.15, -0.1) is 11.3 Å². The van der Waals surface area contributed by atoms with E-state index in [4.69, 9.17) is 0 Å². The van der Waals surface area contributed by atoms with Crippen molar-refractivity contribution in [3.63, 3.8) is 0 Å². The van der Waals surface area contributed by atoms with Gasteiger partial charge in [-0.05, 0) is 30.7 Å². The molecule has 7 heteroatoms. The second-order valence-corrected chi connectivity index (χ2v) is 8.59. The molecule has 3 rings (SSSR count). The van der Waals surface area contributed by atoms with E-state index in [2.05, 4.69) is 10.6 Å². The van der Waals surface area contributed by atoms with Crippen LogP contribution in [0.5, 0.6) is 0 Å².